The Morgan fingerprint density at radius 3 is 3.00 bits per heavy atom. The zero-order valence-electron chi connectivity index (χ0n) is 11.1. The average Bonchev–Trinajstić information content (AvgIpc) is 3.06. The van der Waals surface area contributed by atoms with Gasteiger partial charge in [-0.05, 0) is 18.6 Å². The molecule has 0 fully saturated rings. The maximum atomic E-state index is 4.27. The Kier molecular flexibility index (Phi) is 3.33. The van der Waals surface area contributed by atoms with Gasteiger partial charge in [0.15, 0.2) is 0 Å². The summed E-state index contributed by atoms with van der Waals surface area (Å²) in [6, 6.07) is 8.38. The zero-order chi connectivity index (χ0) is 13.1. The molecule has 0 atom stereocenters. The van der Waals surface area contributed by atoms with E-state index >= 15 is 0 Å². The van der Waals surface area contributed by atoms with Crippen molar-refractivity contribution in [2.45, 2.75) is 26.6 Å². The van der Waals surface area contributed by atoms with Crippen LogP contribution >= 0.6 is 0 Å². The lowest BCUT2D eigenvalue weighted by Crippen LogP contribution is -2.11. The molecule has 2 aromatic heterocycles. The Bertz CT molecular complexity index is 665. The van der Waals surface area contributed by atoms with E-state index in [0.717, 1.165) is 19.6 Å². The first-order valence-corrected chi connectivity index (χ1v) is 6.64. The first-order valence-electron chi connectivity index (χ1n) is 6.64. The number of fused-ring (bicyclic) bond motifs is 1. The predicted molar refractivity (Wildman–Crippen MR) is 76.7 cm³/mol. The van der Waals surface area contributed by atoms with Crippen LogP contribution in [-0.2, 0) is 19.6 Å². The van der Waals surface area contributed by atoms with Gasteiger partial charge in [-0.1, -0.05) is 18.2 Å². The van der Waals surface area contributed by atoms with E-state index in [9.17, 15) is 0 Å². The standard InChI is InChI=1S/C15H18N4/c1-2-19-11-12(8-18-19)7-16-9-13-10-17-15-6-4-3-5-14(13)15/h3-6,8,10-11,16-17H,2,7,9H2,1H3. The summed E-state index contributed by atoms with van der Waals surface area (Å²) >= 11 is 0. The number of aryl methyl sites for hydroxylation is 1. The molecule has 4 nitrogen and oxygen atoms in total. The van der Waals surface area contributed by atoms with E-state index in [2.05, 4.69) is 59.0 Å². The number of nitrogens with zero attached hydrogens (tertiary/aromatic N) is 2. The van der Waals surface area contributed by atoms with Gasteiger partial charge in [0.1, 0.15) is 0 Å². The highest BCUT2D eigenvalue weighted by atomic mass is 15.3. The van der Waals surface area contributed by atoms with E-state index in [1.165, 1.54) is 22.0 Å². The van der Waals surface area contributed by atoms with Gasteiger partial charge in [-0.2, -0.15) is 5.10 Å². The normalized spacial score (nSPS) is 11.2. The molecule has 0 unspecified atom stereocenters. The second kappa shape index (κ2) is 5.28. The van der Waals surface area contributed by atoms with Crippen molar-refractivity contribution in [3.8, 4) is 0 Å². The highest BCUT2D eigenvalue weighted by Crippen LogP contribution is 2.17. The molecule has 2 N–H and O–H groups in total. The van der Waals surface area contributed by atoms with E-state index in [1.54, 1.807) is 0 Å². The molecule has 0 aliphatic rings. The van der Waals surface area contributed by atoms with E-state index in [4.69, 9.17) is 0 Å². The van der Waals surface area contributed by atoms with Gasteiger partial charge in [0, 0.05) is 48.5 Å². The number of aromatic nitrogens is 3. The number of para-hydroxylation sites is 1. The minimum Gasteiger partial charge on any atom is -0.361 e. The summed E-state index contributed by atoms with van der Waals surface area (Å²) in [6.07, 6.45) is 6.08. The molecule has 0 saturated heterocycles. The molecule has 0 amide bonds. The van der Waals surface area contributed by atoms with Crippen LogP contribution in [0.5, 0.6) is 0 Å². The van der Waals surface area contributed by atoms with Gasteiger partial charge in [-0.25, -0.2) is 0 Å². The summed E-state index contributed by atoms with van der Waals surface area (Å²) in [7, 11) is 0. The maximum Gasteiger partial charge on any atom is 0.0534 e. The van der Waals surface area contributed by atoms with Crippen molar-refractivity contribution in [1.29, 1.82) is 0 Å². The third-order valence-corrected chi connectivity index (χ3v) is 3.33. The minimum atomic E-state index is 0.847. The van der Waals surface area contributed by atoms with E-state index in [-0.39, 0.29) is 0 Å². The maximum absolute atomic E-state index is 4.27. The fourth-order valence-corrected chi connectivity index (χ4v) is 2.29. The van der Waals surface area contributed by atoms with Crippen LogP contribution in [0.2, 0.25) is 0 Å². The number of hydrogen-bond donors (Lipinski definition) is 2. The van der Waals surface area contributed by atoms with Gasteiger partial charge in [0.05, 0.1) is 6.20 Å². The van der Waals surface area contributed by atoms with E-state index in [0.29, 0.717) is 0 Å². The summed E-state index contributed by atoms with van der Waals surface area (Å²) in [5, 5.41) is 9.02. The molecular weight excluding hydrogens is 236 g/mol. The van der Waals surface area contributed by atoms with Crippen LogP contribution in [0.1, 0.15) is 18.1 Å². The second-order valence-corrected chi connectivity index (χ2v) is 4.67. The van der Waals surface area contributed by atoms with E-state index < -0.39 is 0 Å². The van der Waals surface area contributed by atoms with Crippen molar-refractivity contribution in [2.75, 3.05) is 0 Å². The van der Waals surface area contributed by atoms with Gasteiger partial charge in [-0.3, -0.25) is 4.68 Å². The number of rotatable bonds is 5. The predicted octanol–water partition coefficient (Wildman–Crippen LogP) is 2.67. The van der Waals surface area contributed by atoms with Crippen molar-refractivity contribution in [3.05, 3.63) is 54.0 Å². The van der Waals surface area contributed by atoms with Crippen molar-refractivity contribution >= 4 is 10.9 Å². The monoisotopic (exact) mass is 254 g/mol. The third kappa shape index (κ3) is 2.53. The van der Waals surface area contributed by atoms with Gasteiger partial charge in [-0.15, -0.1) is 0 Å². The van der Waals surface area contributed by atoms with Crippen LogP contribution in [0.15, 0.2) is 42.9 Å². The van der Waals surface area contributed by atoms with Crippen molar-refractivity contribution in [3.63, 3.8) is 0 Å². The van der Waals surface area contributed by atoms with Crippen LogP contribution in [-0.4, -0.2) is 14.8 Å². The first-order chi connectivity index (χ1) is 9.36. The van der Waals surface area contributed by atoms with Gasteiger partial charge in [0.25, 0.3) is 0 Å². The third-order valence-electron chi connectivity index (χ3n) is 3.33. The largest absolute Gasteiger partial charge is 0.361 e. The summed E-state index contributed by atoms with van der Waals surface area (Å²) in [5.41, 5.74) is 3.72. The topological polar surface area (TPSA) is 45.6 Å². The van der Waals surface area contributed by atoms with Crippen LogP contribution in [0, 0.1) is 0 Å². The molecule has 0 aliphatic carbocycles. The highest BCUT2D eigenvalue weighted by molar-refractivity contribution is 5.82. The van der Waals surface area contributed by atoms with Crippen molar-refractivity contribution in [1.82, 2.24) is 20.1 Å². The number of aromatic amines is 1. The van der Waals surface area contributed by atoms with Crippen molar-refractivity contribution in [2.24, 2.45) is 0 Å². The van der Waals surface area contributed by atoms with Crippen LogP contribution in [0.3, 0.4) is 0 Å². The number of hydrogen-bond acceptors (Lipinski definition) is 2. The van der Waals surface area contributed by atoms with Crippen LogP contribution in [0.25, 0.3) is 10.9 Å². The van der Waals surface area contributed by atoms with Gasteiger partial charge < -0.3 is 10.3 Å². The Labute approximate surface area is 112 Å². The second-order valence-electron chi connectivity index (χ2n) is 4.67. The summed E-state index contributed by atoms with van der Waals surface area (Å²) in [6.45, 7) is 4.72. The van der Waals surface area contributed by atoms with Crippen LogP contribution < -0.4 is 5.32 Å². The Hall–Kier alpha value is -2.07. The van der Waals surface area contributed by atoms with Crippen LogP contribution in [0.4, 0.5) is 0 Å². The SMILES string of the molecule is CCn1cc(CNCc2c[nH]c3ccccc23)cn1. The molecule has 98 valence electrons. The lowest BCUT2D eigenvalue weighted by atomic mass is 10.2. The molecule has 4 heteroatoms. The molecule has 3 rings (SSSR count). The first kappa shape index (κ1) is 12.0. The molecule has 3 aromatic rings. The molecule has 1 aromatic carbocycles. The molecule has 0 spiro atoms. The number of nitrogens with one attached hydrogen (secondary N) is 2. The van der Waals surface area contributed by atoms with Crippen molar-refractivity contribution < 1.29 is 0 Å². The summed E-state index contributed by atoms with van der Waals surface area (Å²) in [5.74, 6) is 0. The van der Waals surface area contributed by atoms with Gasteiger partial charge >= 0.3 is 0 Å². The lowest BCUT2D eigenvalue weighted by Gasteiger charge is -2.02. The fraction of sp³-hybridized carbons (Fsp3) is 0.267. The number of benzene rings is 1. The molecular formula is C15H18N4. The Morgan fingerprint density at radius 1 is 1.26 bits per heavy atom. The molecule has 2 heterocycles. The number of H-pyrrole nitrogens is 1. The molecule has 0 saturated carbocycles. The average molecular weight is 254 g/mol. The fourth-order valence-electron chi connectivity index (χ4n) is 2.29. The lowest BCUT2D eigenvalue weighted by molar-refractivity contribution is 0.656. The van der Waals surface area contributed by atoms with E-state index in [1.807, 2.05) is 10.9 Å². The Morgan fingerprint density at radius 2 is 2.16 bits per heavy atom. The quantitative estimate of drug-likeness (QED) is 0.735. The Balaban J connectivity index is 1.63. The highest BCUT2D eigenvalue weighted by Gasteiger charge is 2.02. The zero-order valence-corrected chi connectivity index (χ0v) is 11.1. The summed E-state index contributed by atoms with van der Waals surface area (Å²) in [4.78, 5) is 3.29. The molecule has 19 heavy (non-hydrogen) atoms. The molecule has 0 aliphatic heterocycles. The molecule has 0 radical (unpaired) electrons. The van der Waals surface area contributed by atoms with Gasteiger partial charge in [0.2, 0.25) is 0 Å². The molecule has 0 bridgehead atoms. The minimum absolute atomic E-state index is 0.847. The summed E-state index contributed by atoms with van der Waals surface area (Å²) < 4.78 is 1.95. The smallest absolute Gasteiger partial charge is 0.0534 e.